The van der Waals surface area contributed by atoms with Crippen molar-refractivity contribution in [2.45, 2.75) is 100 Å². The van der Waals surface area contributed by atoms with E-state index in [4.69, 9.17) is 27.4 Å². The highest BCUT2D eigenvalue weighted by molar-refractivity contribution is 5.96. The molecule has 0 aromatic rings. The van der Waals surface area contributed by atoms with E-state index in [1.54, 1.807) is 0 Å². The molecule has 0 saturated heterocycles. The molecule has 304 valence electrons. The molecular weight excluding hydrogens is 730 g/mol. The van der Waals surface area contributed by atoms with Crippen LogP contribution in [0.4, 0.5) is 0 Å². The highest BCUT2D eigenvalue weighted by atomic mass is 16.4. The number of aliphatic hydroxyl groups is 1. The maximum atomic E-state index is 13.4. The Morgan fingerprint density at radius 1 is 0.481 bits per heavy atom. The Labute approximate surface area is 306 Å². The number of carboxylic acids is 5. The summed E-state index contributed by atoms with van der Waals surface area (Å²) in [6.45, 7) is -0.886. The average molecular weight is 778 g/mol. The number of amides is 5. The number of carbonyl (C=O) groups is 10. The fourth-order valence-electron chi connectivity index (χ4n) is 4.35. The van der Waals surface area contributed by atoms with Gasteiger partial charge in [0.15, 0.2) is 5.96 Å². The molecule has 54 heavy (non-hydrogen) atoms. The SMILES string of the molecule is NC(N)=NCCC[C@H](N)C(=O)N[C@@H](CO)C(=O)N[C@@H](CCC(=O)O)C(=O)N[C@@H](CCC(=O)O)C(=O)N[C@@H](CCC(=O)O)C(=O)N[C@@H](CCC(=O)O)C(=O)O. The first kappa shape index (κ1) is 47.9. The molecule has 0 rings (SSSR count). The molecular formula is C29H47N9O16. The van der Waals surface area contributed by atoms with Gasteiger partial charge in [-0.3, -0.25) is 48.1 Å². The molecule has 0 fully saturated rings. The maximum absolute atomic E-state index is 13.4. The predicted molar refractivity (Wildman–Crippen MR) is 180 cm³/mol. The number of nitrogens with zero attached hydrogens (tertiary/aromatic N) is 1. The summed E-state index contributed by atoms with van der Waals surface area (Å²) in [7, 11) is 0. The fraction of sp³-hybridized carbons (Fsp3) is 0.621. The summed E-state index contributed by atoms with van der Waals surface area (Å²) in [5, 5.41) is 66.1. The summed E-state index contributed by atoms with van der Waals surface area (Å²) in [5.41, 5.74) is 16.2. The fourth-order valence-corrected chi connectivity index (χ4v) is 4.35. The number of carboxylic acid groups (broad SMARTS) is 5. The van der Waals surface area contributed by atoms with Crippen LogP contribution in [0.2, 0.25) is 0 Å². The van der Waals surface area contributed by atoms with E-state index in [1.807, 2.05) is 5.32 Å². The number of nitrogens with two attached hydrogens (primary N) is 3. The second kappa shape index (κ2) is 25.0. The first-order chi connectivity index (χ1) is 25.2. The van der Waals surface area contributed by atoms with Gasteiger partial charge >= 0.3 is 29.8 Å². The summed E-state index contributed by atoms with van der Waals surface area (Å²) in [6.07, 6.45) is -5.21. The molecule has 0 aromatic carbocycles. The van der Waals surface area contributed by atoms with Crippen molar-refractivity contribution in [3.05, 3.63) is 0 Å². The average Bonchev–Trinajstić information content (AvgIpc) is 3.07. The van der Waals surface area contributed by atoms with Crippen molar-refractivity contribution in [1.29, 1.82) is 0 Å². The van der Waals surface area contributed by atoms with E-state index in [1.165, 1.54) is 0 Å². The van der Waals surface area contributed by atoms with Crippen molar-refractivity contribution in [2.75, 3.05) is 13.2 Å². The van der Waals surface area contributed by atoms with Gasteiger partial charge in [0.05, 0.1) is 12.6 Å². The Bertz CT molecular complexity index is 1400. The number of guanidine groups is 1. The monoisotopic (exact) mass is 777 g/mol. The minimum absolute atomic E-state index is 0.0511. The zero-order valence-corrected chi connectivity index (χ0v) is 28.9. The third kappa shape index (κ3) is 20.7. The highest BCUT2D eigenvalue weighted by Crippen LogP contribution is 2.08. The van der Waals surface area contributed by atoms with Crippen LogP contribution in [0.1, 0.15) is 64.2 Å². The van der Waals surface area contributed by atoms with E-state index < -0.39 is 154 Å². The normalized spacial score (nSPS) is 14.0. The smallest absolute Gasteiger partial charge is 0.326 e. The number of carbonyl (C=O) groups excluding carboxylic acids is 5. The van der Waals surface area contributed by atoms with Crippen LogP contribution < -0.4 is 43.8 Å². The van der Waals surface area contributed by atoms with E-state index in [0.29, 0.717) is 0 Å². The predicted octanol–water partition coefficient (Wildman–Crippen LogP) is -5.67. The van der Waals surface area contributed by atoms with Crippen LogP contribution in [0.25, 0.3) is 0 Å². The van der Waals surface area contributed by atoms with Crippen molar-refractivity contribution in [3.63, 3.8) is 0 Å². The van der Waals surface area contributed by atoms with E-state index in [9.17, 15) is 68.4 Å². The number of aliphatic carboxylic acids is 5. The number of nitrogens with one attached hydrogen (secondary N) is 5. The van der Waals surface area contributed by atoms with Crippen LogP contribution in [-0.2, 0) is 47.9 Å². The Hall–Kier alpha value is -6.11. The maximum Gasteiger partial charge on any atom is 0.326 e. The minimum Gasteiger partial charge on any atom is -0.481 e. The molecule has 17 N–H and O–H groups in total. The van der Waals surface area contributed by atoms with Crippen molar-refractivity contribution < 1.29 is 78.6 Å². The quantitative estimate of drug-likeness (QED) is 0.0200. The van der Waals surface area contributed by atoms with Crippen molar-refractivity contribution in [2.24, 2.45) is 22.2 Å². The van der Waals surface area contributed by atoms with Crippen molar-refractivity contribution in [1.82, 2.24) is 26.6 Å². The van der Waals surface area contributed by atoms with Gasteiger partial charge in [-0.25, -0.2) is 4.79 Å². The molecule has 5 amide bonds. The summed E-state index contributed by atoms with van der Waals surface area (Å²) in [6, 6.07) is -10.1. The topological polar surface area (TPSA) is 443 Å². The molecule has 0 aromatic heterocycles. The van der Waals surface area contributed by atoms with Crippen molar-refractivity contribution in [3.8, 4) is 0 Å². The molecule has 0 unspecified atom stereocenters. The zero-order valence-electron chi connectivity index (χ0n) is 28.9. The van der Waals surface area contributed by atoms with Crippen LogP contribution in [0.3, 0.4) is 0 Å². The molecule has 0 saturated carbocycles. The van der Waals surface area contributed by atoms with Gasteiger partial charge in [-0.15, -0.1) is 0 Å². The first-order valence-corrected chi connectivity index (χ1v) is 16.2. The molecule has 0 aliphatic rings. The summed E-state index contributed by atoms with van der Waals surface area (Å²) in [5.74, 6) is -13.5. The first-order valence-electron chi connectivity index (χ1n) is 16.2. The van der Waals surface area contributed by atoms with E-state index in [0.717, 1.165) is 0 Å². The van der Waals surface area contributed by atoms with Crippen LogP contribution in [0, 0.1) is 0 Å². The van der Waals surface area contributed by atoms with Crippen LogP contribution in [0.15, 0.2) is 4.99 Å². The number of aliphatic hydroxyl groups excluding tert-OH is 1. The number of rotatable bonds is 28. The molecule has 0 radical (unpaired) electrons. The molecule has 0 aliphatic heterocycles. The summed E-state index contributed by atoms with van der Waals surface area (Å²) in [4.78, 5) is 125. The summed E-state index contributed by atoms with van der Waals surface area (Å²) < 4.78 is 0. The minimum atomic E-state index is -1.84. The molecule has 25 nitrogen and oxygen atoms in total. The third-order valence-corrected chi connectivity index (χ3v) is 7.22. The van der Waals surface area contributed by atoms with Gasteiger partial charge in [0, 0.05) is 32.2 Å². The van der Waals surface area contributed by atoms with Gasteiger partial charge in [-0.2, -0.15) is 0 Å². The Morgan fingerprint density at radius 2 is 0.796 bits per heavy atom. The third-order valence-electron chi connectivity index (χ3n) is 7.22. The molecule has 0 heterocycles. The van der Waals surface area contributed by atoms with Gasteiger partial charge in [-0.1, -0.05) is 0 Å². The lowest BCUT2D eigenvalue weighted by Crippen LogP contribution is -2.59. The Morgan fingerprint density at radius 3 is 1.11 bits per heavy atom. The Kier molecular flexibility index (Phi) is 22.1. The van der Waals surface area contributed by atoms with Gasteiger partial charge in [-0.05, 0) is 38.5 Å². The molecule has 0 spiro atoms. The van der Waals surface area contributed by atoms with Gasteiger partial charge < -0.3 is 74.4 Å². The lowest BCUT2D eigenvalue weighted by molar-refractivity contribution is -0.144. The molecule has 6 atom stereocenters. The number of aliphatic imine (C=N–C) groups is 1. The van der Waals surface area contributed by atoms with Crippen molar-refractivity contribution >= 4 is 65.3 Å². The Balaban J connectivity index is 6.14. The van der Waals surface area contributed by atoms with E-state index >= 15 is 0 Å². The lowest BCUT2D eigenvalue weighted by atomic mass is 10.0. The lowest BCUT2D eigenvalue weighted by Gasteiger charge is -2.26. The van der Waals surface area contributed by atoms with E-state index in [2.05, 4.69) is 26.3 Å². The summed E-state index contributed by atoms with van der Waals surface area (Å²) >= 11 is 0. The second-order valence-corrected chi connectivity index (χ2v) is 11.6. The largest absolute Gasteiger partial charge is 0.481 e. The van der Waals surface area contributed by atoms with Gasteiger partial charge in [0.2, 0.25) is 29.5 Å². The van der Waals surface area contributed by atoms with Crippen LogP contribution in [-0.4, -0.2) is 145 Å². The second-order valence-electron chi connectivity index (χ2n) is 11.6. The number of hydrogen-bond donors (Lipinski definition) is 14. The molecule has 25 heteroatoms. The van der Waals surface area contributed by atoms with E-state index in [-0.39, 0.29) is 25.3 Å². The standard InChI is InChI=1S/C29H47N9O16/c30-13(2-1-11-33-29(31)32)23(48)38-18(12-39)27(52)36-15(4-8-20(42)43)25(50)34-14(3-7-19(40)41)24(49)35-16(5-9-21(44)45)26(51)37-17(28(53)54)6-10-22(46)47/h13-18,39H,1-12,30H2,(H,34,50)(H,35,49)(H,36,52)(H,37,51)(H,38,48)(H,40,41)(H,42,43)(H,44,45)(H,46,47)(H,53,54)(H4,31,32,33)/t13-,14-,15-,16-,17-,18-/m0/s1. The number of hydrogen-bond acceptors (Lipinski definition) is 13. The van der Waals surface area contributed by atoms with Gasteiger partial charge in [0.25, 0.3) is 0 Å². The van der Waals surface area contributed by atoms with Crippen LogP contribution >= 0.6 is 0 Å². The zero-order chi connectivity index (χ0) is 41.5. The van der Waals surface area contributed by atoms with Gasteiger partial charge in [0.1, 0.15) is 30.2 Å². The van der Waals surface area contributed by atoms with Crippen LogP contribution in [0.5, 0.6) is 0 Å². The highest BCUT2D eigenvalue weighted by Gasteiger charge is 2.33. The molecule has 0 bridgehead atoms. The molecule has 0 aliphatic carbocycles.